The fraction of sp³-hybridized carbons (Fsp3) is 1.00. The van der Waals surface area contributed by atoms with Gasteiger partial charge in [0.05, 0.1) is 19.3 Å². The average Bonchev–Trinajstić information content (AvgIpc) is 2.41. The van der Waals surface area contributed by atoms with E-state index in [9.17, 15) is 5.11 Å². The van der Waals surface area contributed by atoms with Gasteiger partial charge in [0.1, 0.15) is 0 Å². The van der Waals surface area contributed by atoms with Crippen LogP contribution >= 0.6 is 0 Å². The molecule has 3 unspecified atom stereocenters. The van der Waals surface area contributed by atoms with E-state index in [0.29, 0.717) is 11.5 Å². The smallest absolute Gasteiger partial charge is 0.0933 e. The van der Waals surface area contributed by atoms with Crippen LogP contribution in [0, 0.1) is 5.41 Å². The van der Waals surface area contributed by atoms with Crippen LogP contribution < -0.4 is 5.32 Å². The second-order valence-electron chi connectivity index (χ2n) is 6.26. The SMILES string of the molecule is CCCNCC(C)(CC)CN1CC(CO)OCC1C. The van der Waals surface area contributed by atoms with Crippen LogP contribution in [0.2, 0.25) is 0 Å². The van der Waals surface area contributed by atoms with Crippen LogP contribution in [-0.2, 0) is 4.74 Å². The highest BCUT2D eigenvalue weighted by atomic mass is 16.5. The zero-order valence-corrected chi connectivity index (χ0v) is 13.1. The van der Waals surface area contributed by atoms with Crippen molar-refractivity contribution in [3.8, 4) is 0 Å². The van der Waals surface area contributed by atoms with Gasteiger partial charge in [-0.15, -0.1) is 0 Å². The molecule has 1 fully saturated rings. The molecular formula is C15H32N2O2. The Hall–Kier alpha value is -0.160. The maximum Gasteiger partial charge on any atom is 0.0933 e. The predicted molar refractivity (Wildman–Crippen MR) is 79.4 cm³/mol. The summed E-state index contributed by atoms with van der Waals surface area (Å²) >= 11 is 0. The van der Waals surface area contributed by atoms with E-state index in [2.05, 4.69) is 37.9 Å². The number of ether oxygens (including phenoxy) is 1. The summed E-state index contributed by atoms with van der Waals surface area (Å²) in [5, 5.41) is 12.8. The largest absolute Gasteiger partial charge is 0.394 e. The van der Waals surface area contributed by atoms with Gasteiger partial charge in [-0.1, -0.05) is 20.8 Å². The van der Waals surface area contributed by atoms with Crippen molar-refractivity contribution in [2.24, 2.45) is 5.41 Å². The van der Waals surface area contributed by atoms with Crippen molar-refractivity contribution in [2.45, 2.75) is 52.7 Å². The minimum atomic E-state index is -0.0130. The molecule has 0 radical (unpaired) electrons. The van der Waals surface area contributed by atoms with E-state index in [1.807, 2.05) is 0 Å². The van der Waals surface area contributed by atoms with Gasteiger partial charge in [0.15, 0.2) is 0 Å². The molecular weight excluding hydrogens is 240 g/mol. The zero-order chi connectivity index (χ0) is 14.3. The number of morpholine rings is 1. The van der Waals surface area contributed by atoms with Gasteiger partial charge in [0.25, 0.3) is 0 Å². The first-order valence-corrected chi connectivity index (χ1v) is 7.72. The quantitative estimate of drug-likeness (QED) is 0.657. The molecule has 1 aliphatic rings. The summed E-state index contributed by atoms with van der Waals surface area (Å²) in [6.07, 6.45) is 2.33. The van der Waals surface area contributed by atoms with Crippen molar-refractivity contribution < 1.29 is 9.84 Å². The van der Waals surface area contributed by atoms with Crippen LogP contribution in [0.15, 0.2) is 0 Å². The molecule has 0 bridgehead atoms. The van der Waals surface area contributed by atoms with Crippen molar-refractivity contribution in [1.29, 1.82) is 0 Å². The van der Waals surface area contributed by atoms with Gasteiger partial charge < -0.3 is 15.2 Å². The van der Waals surface area contributed by atoms with E-state index in [1.165, 1.54) is 6.42 Å². The van der Waals surface area contributed by atoms with E-state index < -0.39 is 0 Å². The molecule has 3 atom stereocenters. The van der Waals surface area contributed by atoms with Crippen molar-refractivity contribution in [3.05, 3.63) is 0 Å². The molecule has 0 spiro atoms. The standard InChI is InChI=1S/C15H32N2O2/c1-5-7-16-11-15(4,6-2)12-17-8-14(9-18)19-10-13(17)3/h13-14,16,18H,5-12H2,1-4H3. The molecule has 2 N–H and O–H groups in total. The number of nitrogens with one attached hydrogen (secondary N) is 1. The molecule has 0 amide bonds. The summed E-state index contributed by atoms with van der Waals surface area (Å²) in [7, 11) is 0. The van der Waals surface area contributed by atoms with E-state index in [0.717, 1.165) is 39.2 Å². The lowest BCUT2D eigenvalue weighted by Gasteiger charge is -2.42. The lowest BCUT2D eigenvalue weighted by molar-refractivity contribution is -0.0871. The van der Waals surface area contributed by atoms with Crippen LogP contribution in [0.1, 0.15) is 40.5 Å². The van der Waals surface area contributed by atoms with Crippen LogP contribution in [0.5, 0.6) is 0 Å². The minimum Gasteiger partial charge on any atom is -0.394 e. The number of nitrogens with zero attached hydrogens (tertiary/aromatic N) is 1. The second kappa shape index (κ2) is 8.20. The Bertz CT molecular complexity index is 250. The highest BCUT2D eigenvalue weighted by molar-refractivity contribution is 4.85. The highest BCUT2D eigenvalue weighted by Gasteiger charge is 2.31. The summed E-state index contributed by atoms with van der Waals surface area (Å²) < 4.78 is 5.61. The first-order chi connectivity index (χ1) is 9.04. The molecule has 1 rings (SSSR count). The lowest BCUT2D eigenvalue weighted by atomic mass is 9.86. The monoisotopic (exact) mass is 272 g/mol. The summed E-state index contributed by atoms with van der Waals surface area (Å²) in [5.74, 6) is 0. The summed E-state index contributed by atoms with van der Waals surface area (Å²) in [6, 6.07) is 0.444. The van der Waals surface area contributed by atoms with Gasteiger partial charge in [0.2, 0.25) is 0 Å². The molecule has 1 heterocycles. The molecule has 0 aromatic heterocycles. The molecule has 1 aliphatic heterocycles. The Kier molecular flexibility index (Phi) is 7.29. The number of aliphatic hydroxyl groups is 1. The molecule has 0 aromatic rings. The summed E-state index contributed by atoms with van der Waals surface area (Å²) in [6.45, 7) is 14.0. The topological polar surface area (TPSA) is 44.7 Å². The number of rotatable bonds is 8. The second-order valence-corrected chi connectivity index (χ2v) is 6.26. The van der Waals surface area contributed by atoms with Gasteiger partial charge in [-0.05, 0) is 31.7 Å². The van der Waals surface area contributed by atoms with Crippen LogP contribution in [0.4, 0.5) is 0 Å². The Morgan fingerprint density at radius 2 is 2.16 bits per heavy atom. The highest BCUT2D eigenvalue weighted by Crippen LogP contribution is 2.24. The maximum atomic E-state index is 9.26. The van der Waals surface area contributed by atoms with Gasteiger partial charge in [-0.3, -0.25) is 4.90 Å². The van der Waals surface area contributed by atoms with Gasteiger partial charge >= 0.3 is 0 Å². The van der Waals surface area contributed by atoms with Crippen LogP contribution in [0.3, 0.4) is 0 Å². The van der Waals surface area contributed by atoms with Crippen LogP contribution in [-0.4, -0.2) is 61.5 Å². The number of hydrogen-bond donors (Lipinski definition) is 2. The van der Waals surface area contributed by atoms with Crippen molar-refractivity contribution in [1.82, 2.24) is 10.2 Å². The molecule has 1 saturated heterocycles. The van der Waals surface area contributed by atoms with E-state index >= 15 is 0 Å². The lowest BCUT2D eigenvalue weighted by Crippen LogP contribution is -2.53. The predicted octanol–water partition coefficient (Wildman–Crippen LogP) is 1.48. The van der Waals surface area contributed by atoms with Gasteiger partial charge in [0, 0.05) is 25.7 Å². The Balaban J connectivity index is 2.52. The zero-order valence-electron chi connectivity index (χ0n) is 13.1. The summed E-state index contributed by atoms with van der Waals surface area (Å²) in [4.78, 5) is 2.47. The molecule has 0 aliphatic carbocycles. The van der Waals surface area contributed by atoms with E-state index in [-0.39, 0.29) is 12.7 Å². The first kappa shape index (κ1) is 16.9. The van der Waals surface area contributed by atoms with Crippen molar-refractivity contribution in [3.63, 3.8) is 0 Å². The normalized spacial score (nSPS) is 28.3. The fourth-order valence-corrected chi connectivity index (χ4v) is 2.56. The Morgan fingerprint density at radius 3 is 2.74 bits per heavy atom. The number of hydrogen-bond acceptors (Lipinski definition) is 4. The third kappa shape index (κ3) is 5.38. The van der Waals surface area contributed by atoms with Gasteiger partial charge in [-0.2, -0.15) is 0 Å². The third-order valence-corrected chi connectivity index (χ3v) is 4.26. The van der Waals surface area contributed by atoms with Crippen molar-refractivity contribution in [2.75, 3.05) is 39.4 Å². The third-order valence-electron chi connectivity index (χ3n) is 4.26. The summed E-state index contributed by atoms with van der Waals surface area (Å²) in [5.41, 5.74) is 0.292. The number of aliphatic hydroxyl groups excluding tert-OH is 1. The molecule has 4 nitrogen and oxygen atoms in total. The fourth-order valence-electron chi connectivity index (χ4n) is 2.56. The Labute approximate surface area is 118 Å². The molecule has 19 heavy (non-hydrogen) atoms. The molecule has 0 aromatic carbocycles. The van der Waals surface area contributed by atoms with E-state index in [1.54, 1.807) is 0 Å². The maximum absolute atomic E-state index is 9.26. The van der Waals surface area contributed by atoms with Crippen LogP contribution in [0.25, 0.3) is 0 Å². The molecule has 114 valence electrons. The minimum absolute atomic E-state index is 0.0130. The van der Waals surface area contributed by atoms with Crippen molar-refractivity contribution >= 4 is 0 Å². The first-order valence-electron chi connectivity index (χ1n) is 7.72. The van der Waals surface area contributed by atoms with E-state index in [4.69, 9.17) is 4.74 Å². The van der Waals surface area contributed by atoms with Gasteiger partial charge in [-0.25, -0.2) is 0 Å². The molecule has 0 saturated carbocycles. The Morgan fingerprint density at radius 1 is 1.42 bits per heavy atom. The molecule has 4 heteroatoms. The average molecular weight is 272 g/mol.